The number of nitrogen functional groups attached to an aromatic ring is 1. The second-order valence-electron chi connectivity index (χ2n) is 5.56. The molecule has 3 N–H and O–H groups in total. The average molecular weight is 392 g/mol. The molecule has 0 aliphatic rings. The number of nitrogens with two attached hydrogens (primary N) is 1. The lowest BCUT2D eigenvalue weighted by molar-refractivity contribution is 0.625. The standard InChI is InChI=1S/C18H14FN5.2ClH/c1-10-2-4-14(19)16(23-10)13-8-11(3-5-15(13)20)17-22-9-12-6-7-21-18(12)24-17;;/h2-9H,20H2,1H3,(H,21,22,24);2*1H. The van der Waals surface area contributed by atoms with Crippen LogP contribution in [0.2, 0.25) is 0 Å². The van der Waals surface area contributed by atoms with E-state index in [1.54, 1.807) is 24.4 Å². The number of aryl methyl sites for hydroxylation is 1. The number of hydrogen-bond donors (Lipinski definition) is 2. The molecule has 3 aromatic heterocycles. The maximum absolute atomic E-state index is 14.2. The van der Waals surface area contributed by atoms with Crippen molar-refractivity contribution in [2.24, 2.45) is 0 Å². The van der Waals surface area contributed by atoms with E-state index in [0.29, 0.717) is 17.1 Å². The van der Waals surface area contributed by atoms with Gasteiger partial charge in [-0.3, -0.25) is 0 Å². The van der Waals surface area contributed by atoms with E-state index in [9.17, 15) is 4.39 Å². The van der Waals surface area contributed by atoms with Crippen molar-refractivity contribution in [1.29, 1.82) is 0 Å². The lowest BCUT2D eigenvalue weighted by Gasteiger charge is -2.09. The Morgan fingerprint density at radius 3 is 2.65 bits per heavy atom. The molecule has 0 bridgehead atoms. The Bertz CT molecular complexity index is 1060. The third-order valence-corrected chi connectivity index (χ3v) is 3.85. The van der Waals surface area contributed by atoms with Gasteiger partial charge in [0.2, 0.25) is 0 Å². The Morgan fingerprint density at radius 2 is 1.85 bits per heavy atom. The van der Waals surface area contributed by atoms with Crippen molar-refractivity contribution in [3.05, 3.63) is 60.3 Å². The second-order valence-corrected chi connectivity index (χ2v) is 5.56. The van der Waals surface area contributed by atoms with Crippen molar-refractivity contribution >= 4 is 41.5 Å². The number of nitrogens with zero attached hydrogens (tertiary/aromatic N) is 3. The van der Waals surface area contributed by atoms with E-state index in [4.69, 9.17) is 5.73 Å². The highest BCUT2D eigenvalue weighted by Gasteiger charge is 2.13. The Kier molecular flexibility index (Phi) is 5.79. The van der Waals surface area contributed by atoms with Gasteiger partial charge < -0.3 is 10.7 Å². The van der Waals surface area contributed by atoms with Crippen LogP contribution in [0.5, 0.6) is 0 Å². The molecule has 4 rings (SSSR count). The number of fused-ring (bicyclic) bond motifs is 1. The average Bonchev–Trinajstić information content (AvgIpc) is 3.05. The number of aromatic amines is 1. The summed E-state index contributed by atoms with van der Waals surface area (Å²) in [5, 5.41) is 0.931. The largest absolute Gasteiger partial charge is 0.398 e. The highest BCUT2D eigenvalue weighted by atomic mass is 35.5. The lowest BCUT2D eigenvalue weighted by atomic mass is 10.0. The number of H-pyrrole nitrogens is 1. The first-order valence-corrected chi connectivity index (χ1v) is 7.45. The molecule has 0 radical (unpaired) electrons. The maximum Gasteiger partial charge on any atom is 0.161 e. The summed E-state index contributed by atoms with van der Waals surface area (Å²) < 4.78 is 14.2. The van der Waals surface area contributed by atoms with Gasteiger partial charge in [0, 0.05) is 40.3 Å². The van der Waals surface area contributed by atoms with E-state index in [2.05, 4.69) is 19.9 Å². The Labute approximate surface area is 161 Å². The summed E-state index contributed by atoms with van der Waals surface area (Å²) >= 11 is 0. The summed E-state index contributed by atoms with van der Waals surface area (Å²) in [4.78, 5) is 16.2. The smallest absolute Gasteiger partial charge is 0.161 e. The fourth-order valence-corrected chi connectivity index (χ4v) is 2.61. The molecule has 0 aliphatic heterocycles. The second kappa shape index (κ2) is 7.68. The van der Waals surface area contributed by atoms with Gasteiger partial charge in [0.15, 0.2) is 5.82 Å². The Balaban J connectivity index is 0.00000121. The van der Waals surface area contributed by atoms with Crippen molar-refractivity contribution in [2.45, 2.75) is 6.92 Å². The maximum atomic E-state index is 14.2. The van der Waals surface area contributed by atoms with Crippen molar-refractivity contribution in [3.63, 3.8) is 0 Å². The predicted molar refractivity (Wildman–Crippen MR) is 106 cm³/mol. The summed E-state index contributed by atoms with van der Waals surface area (Å²) in [6.45, 7) is 1.81. The third kappa shape index (κ3) is 3.47. The summed E-state index contributed by atoms with van der Waals surface area (Å²) in [5.74, 6) is 0.129. The molecule has 0 saturated heterocycles. The molecule has 1 aromatic carbocycles. The Morgan fingerprint density at radius 1 is 1.04 bits per heavy atom. The summed E-state index contributed by atoms with van der Waals surface area (Å²) in [7, 11) is 0. The van der Waals surface area contributed by atoms with Gasteiger partial charge in [-0.1, -0.05) is 0 Å². The van der Waals surface area contributed by atoms with Gasteiger partial charge in [0.1, 0.15) is 17.2 Å². The minimum absolute atomic E-state index is 0. The quantitative estimate of drug-likeness (QED) is 0.490. The Hall–Kier alpha value is -2.70. The zero-order chi connectivity index (χ0) is 16.7. The lowest BCUT2D eigenvalue weighted by Crippen LogP contribution is -1.98. The van der Waals surface area contributed by atoms with Crippen LogP contribution in [0.3, 0.4) is 0 Å². The zero-order valence-electron chi connectivity index (χ0n) is 13.7. The SMILES string of the molecule is Cc1ccc(F)c(-c2cc(-c3ncc4cc[nH]c4n3)ccc2N)n1.Cl.Cl. The molecule has 8 heteroatoms. The van der Waals surface area contributed by atoms with Crippen LogP contribution in [0.4, 0.5) is 10.1 Å². The fourth-order valence-electron chi connectivity index (χ4n) is 2.61. The van der Waals surface area contributed by atoms with Gasteiger partial charge in [-0.2, -0.15) is 0 Å². The number of benzene rings is 1. The highest BCUT2D eigenvalue weighted by Crippen LogP contribution is 2.31. The van der Waals surface area contributed by atoms with Crippen LogP contribution in [0.15, 0.2) is 48.8 Å². The fraction of sp³-hybridized carbons (Fsp3) is 0.0556. The molecule has 0 amide bonds. The number of rotatable bonds is 2. The van der Waals surface area contributed by atoms with Crippen LogP contribution >= 0.6 is 24.8 Å². The molecule has 26 heavy (non-hydrogen) atoms. The van der Waals surface area contributed by atoms with Gasteiger partial charge in [-0.05, 0) is 43.3 Å². The first-order chi connectivity index (χ1) is 11.6. The molecule has 0 atom stereocenters. The number of hydrogen-bond acceptors (Lipinski definition) is 4. The molecule has 0 aliphatic carbocycles. The van der Waals surface area contributed by atoms with Crippen molar-refractivity contribution in [2.75, 3.05) is 5.73 Å². The molecule has 3 heterocycles. The van der Waals surface area contributed by atoms with Crippen LogP contribution in [0, 0.1) is 12.7 Å². The van der Waals surface area contributed by atoms with Crippen LogP contribution in [-0.2, 0) is 0 Å². The summed E-state index contributed by atoms with van der Waals surface area (Å²) in [6, 6.07) is 10.2. The van der Waals surface area contributed by atoms with E-state index in [1.165, 1.54) is 6.07 Å². The first kappa shape index (κ1) is 19.6. The topological polar surface area (TPSA) is 80.5 Å². The predicted octanol–water partition coefficient (Wildman–Crippen LogP) is 4.56. The summed E-state index contributed by atoms with van der Waals surface area (Å²) in [6.07, 6.45) is 3.55. The normalized spacial score (nSPS) is 10.2. The van der Waals surface area contributed by atoms with Crippen molar-refractivity contribution < 1.29 is 4.39 Å². The van der Waals surface area contributed by atoms with Crippen molar-refractivity contribution in [1.82, 2.24) is 19.9 Å². The molecule has 0 saturated carbocycles. The minimum atomic E-state index is -0.412. The van der Waals surface area contributed by atoms with Crippen LogP contribution in [0.25, 0.3) is 33.7 Å². The molecular formula is C18H16Cl2FN5. The van der Waals surface area contributed by atoms with Gasteiger partial charge in [-0.15, -0.1) is 24.8 Å². The molecule has 134 valence electrons. The number of pyridine rings is 1. The number of nitrogens with one attached hydrogen (secondary N) is 1. The first-order valence-electron chi connectivity index (χ1n) is 7.45. The molecule has 5 nitrogen and oxygen atoms in total. The minimum Gasteiger partial charge on any atom is -0.398 e. The van der Waals surface area contributed by atoms with Gasteiger partial charge in [-0.25, -0.2) is 19.3 Å². The number of halogens is 3. The number of anilines is 1. The van der Waals surface area contributed by atoms with Crippen molar-refractivity contribution in [3.8, 4) is 22.6 Å². The zero-order valence-corrected chi connectivity index (χ0v) is 15.4. The molecule has 0 spiro atoms. The van der Waals surface area contributed by atoms with Gasteiger partial charge in [0.05, 0.1) is 0 Å². The van der Waals surface area contributed by atoms with E-state index in [0.717, 1.165) is 22.3 Å². The molecule has 4 aromatic rings. The van der Waals surface area contributed by atoms with Gasteiger partial charge >= 0.3 is 0 Å². The van der Waals surface area contributed by atoms with Crippen LogP contribution in [-0.4, -0.2) is 19.9 Å². The van der Waals surface area contributed by atoms with Crippen LogP contribution in [0.1, 0.15) is 5.69 Å². The van der Waals surface area contributed by atoms with Crippen LogP contribution < -0.4 is 5.73 Å². The number of aromatic nitrogens is 4. The molecule has 0 unspecified atom stereocenters. The molecular weight excluding hydrogens is 376 g/mol. The van der Waals surface area contributed by atoms with E-state index in [-0.39, 0.29) is 30.5 Å². The highest BCUT2D eigenvalue weighted by molar-refractivity contribution is 5.85. The van der Waals surface area contributed by atoms with E-state index >= 15 is 0 Å². The van der Waals surface area contributed by atoms with Gasteiger partial charge in [0.25, 0.3) is 0 Å². The monoisotopic (exact) mass is 391 g/mol. The third-order valence-electron chi connectivity index (χ3n) is 3.85. The van der Waals surface area contributed by atoms with E-state index in [1.807, 2.05) is 25.3 Å². The summed E-state index contributed by atoms with van der Waals surface area (Å²) in [5.41, 5.74) is 9.48. The molecule has 0 fully saturated rings. The van der Waals surface area contributed by atoms with E-state index < -0.39 is 5.82 Å².